The van der Waals surface area contributed by atoms with Crippen LogP contribution in [0.1, 0.15) is 11.8 Å². The number of aliphatic hydroxyl groups is 3. The Morgan fingerprint density at radius 3 is 2.58 bits per heavy atom. The molecule has 0 aliphatic carbocycles. The number of halogens is 1. The van der Waals surface area contributed by atoms with Crippen LogP contribution in [0.25, 0.3) is 0 Å². The molecule has 3 N–H and O–H groups in total. The van der Waals surface area contributed by atoms with E-state index in [1.165, 1.54) is 24.4 Å². The predicted octanol–water partition coefficient (Wildman–Crippen LogP) is -0.997. The third-order valence-electron chi connectivity index (χ3n) is 4.40. The summed E-state index contributed by atoms with van der Waals surface area (Å²) in [6.07, 6.45) is -3.62. The molecule has 1 aromatic carbocycles. The molecule has 1 aromatic heterocycles. The summed E-state index contributed by atoms with van der Waals surface area (Å²) in [6.45, 7) is -0.514. The van der Waals surface area contributed by atoms with Gasteiger partial charge in [-0.05, 0) is 24.1 Å². The van der Waals surface area contributed by atoms with Crippen molar-refractivity contribution in [1.29, 1.82) is 0 Å². The Morgan fingerprint density at radius 2 is 1.92 bits per heavy atom. The van der Waals surface area contributed by atoms with Gasteiger partial charge in [-0.3, -0.25) is 13.9 Å². The molecule has 0 saturated carbocycles. The van der Waals surface area contributed by atoms with E-state index in [1.807, 2.05) is 0 Å². The summed E-state index contributed by atoms with van der Waals surface area (Å²) >= 11 is 0. The van der Waals surface area contributed by atoms with Gasteiger partial charge in [0.1, 0.15) is 24.1 Å². The van der Waals surface area contributed by atoms with Gasteiger partial charge in [0.15, 0.2) is 6.23 Å². The summed E-state index contributed by atoms with van der Waals surface area (Å²) in [4.78, 5) is 24.7. The van der Waals surface area contributed by atoms with E-state index in [2.05, 4.69) is 0 Å². The summed E-state index contributed by atoms with van der Waals surface area (Å²) < 4.78 is 20.5. The van der Waals surface area contributed by atoms with E-state index in [0.717, 1.165) is 15.2 Å². The lowest BCUT2D eigenvalue weighted by Crippen LogP contribution is -2.43. The highest BCUT2D eigenvalue weighted by atomic mass is 19.1. The van der Waals surface area contributed by atoms with Gasteiger partial charge in [-0.1, -0.05) is 12.1 Å². The Hall–Kier alpha value is -2.33. The van der Waals surface area contributed by atoms with Crippen LogP contribution in [0.5, 0.6) is 0 Å². The minimum absolute atomic E-state index is 0.0107. The van der Waals surface area contributed by atoms with Gasteiger partial charge in [-0.15, -0.1) is 0 Å². The van der Waals surface area contributed by atoms with Crippen molar-refractivity contribution in [3.05, 3.63) is 68.7 Å². The van der Waals surface area contributed by atoms with Crippen LogP contribution >= 0.6 is 0 Å². The van der Waals surface area contributed by atoms with Crippen molar-refractivity contribution >= 4 is 0 Å². The van der Waals surface area contributed by atoms with Gasteiger partial charge in [0.25, 0.3) is 5.56 Å². The van der Waals surface area contributed by atoms with E-state index >= 15 is 0 Å². The van der Waals surface area contributed by atoms with E-state index in [1.54, 1.807) is 6.07 Å². The van der Waals surface area contributed by atoms with Crippen molar-refractivity contribution < 1.29 is 24.4 Å². The monoisotopic (exact) mass is 366 g/mol. The molecular formula is C17H19FN2O6. The summed E-state index contributed by atoms with van der Waals surface area (Å²) in [7, 11) is 0. The normalized spacial score (nSPS) is 25.5. The third-order valence-corrected chi connectivity index (χ3v) is 4.40. The maximum atomic E-state index is 13.2. The fourth-order valence-electron chi connectivity index (χ4n) is 2.97. The standard InChI is InChI=1S/C17H19FN2O6/c18-11-3-1-2-10(8-11)4-6-19-13(22)5-7-20(17(19)25)16-15(24)14(23)12(9-21)26-16/h1-3,5,7-8,12,14-16,21,23-24H,4,6,9H2/t12-,14?,15+,16-/m1/s1. The number of ether oxygens (including phenoxy) is 1. The fourth-order valence-corrected chi connectivity index (χ4v) is 2.97. The van der Waals surface area contributed by atoms with Crippen molar-refractivity contribution in [3.63, 3.8) is 0 Å². The van der Waals surface area contributed by atoms with E-state index in [-0.39, 0.29) is 13.0 Å². The Balaban J connectivity index is 1.87. The highest BCUT2D eigenvalue weighted by molar-refractivity contribution is 5.16. The highest BCUT2D eigenvalue weighted by Crippen LogP contribution is 2.27. The minimum atomic E-state index is -1.43. The zero-order chi connectivity index (χ0) is 18.8. The van der Waals surface area contributed by atoms with Gasteiger partial charge in [0.05, 0.1) is 6.61 Å². The van der Waals surface area contributed by atoms with Crippen LogP contribution in [0.2, 0.25) is 0 Å². The summed E-state index contributed by atoms with van der Waals surface area (Å²) in [5, 5.41) is 29.0. The van der Waals surface area contributed by atoms with Crippen LogP contribution in [0, 0.1) is 5.82 Å². The van der Waals surface area contributed by atoms with Crippen molar-refractivity contribution in [3.8, 4) is 0 Å². The SMILES string of the molecule is O=c1ccn([C@@H]2O[C@H](CO)C(O)[C@@H]2O)c(=O)n1CCc1cccc(F)c1. The Bertz CT molecular complexity index is 895. The largest absolute Gasteiger partial charge is 0.394 e. The van der Waals surface area contributed by atoms with Crippen LogP contribution in [0.4, 0.5) is 4.39 Å². The fraction of sp³-hybridized carbons (Fsp3) is 0.412. The number of aliphatic hydroxyl groups excluding tert-OH is 3. The molecule has 2 heterocycles. The van der Waals surface area contributed by atoms with Crippen molar-refractivity contribution in [2.45, 2.75) is 37.5 Å². The van der Waals surface area contributed by atoms with Gasteiger partial charge in [-0.2, -0.15) is 0 Å². The molecule has 4 atom stereocenters. The minimum Gasteiger partial charge on any atom is -0.394 e. The lowest BCUT2D eigenvalue weighted by atomic mass is 10.1. The molecule has 1 fully saturated rings. The zero-order valence-electron chi connectivity index (χ0n) is 13.7. The number of nitrogens with zero attached hydrogens (tertiary/aromatic N) is 2. The first-order valence-electron chi connectivity index (χ1n) is 8.11. The molecule has 0 radical (unpaired) electrons. The average molecular weight is 366 g/mol. The zero-order valence-corrected chi connectivity index (χ0v) is 13.7. The highest BCUT2D eigenvalue weighted by Gasteiger charge is 2.43. The van der Waals surface area contributed by atoms with Crippen LogP contribution in [-0.2, 0) is 17.7 Å². The average Bonchev–Trinajstić information content (AvgIpc) is 2.90. The van der Waals surface area contributed by atoms with Crippen molar-refractivity contribution in [2.24, 2.45) is 0 Å². The topological polar surface area (TPSA) is 114 Å². The van der Waals surface area contributed by atoms with E-state index in [0.29, 0.717) is 5.56 Å². The molecule has 1 aliphatic rings. The van der Waals surface area contributed by atoms with E-state index < -0.39 is 48.2 Å². The lowest BCUT2D eigenvalue weighted by molar-refractivity contribution is -0.0556. The van der Waals surface area contributed by atoms with E-state index in [9.17, 15) is 24.2 Å². The summed E-state index contributed by atoms with van der Waals surface area (Å²) in [5.41, 5.74) is -0.655. The van der Waals surface area contributed by atoms with Crippen LogP contribution in [0.3, 0.4) is 0 Å². The molecule has 3 rings (SSSR count). The molecule has 9 heteroatoms. The molecule has 140 valence electrons. The summed E-state index contributed by atoms with van der Waals surface area (Å²) in [6, 6.07) is 6.98. The van der Waals surface area contributed by atoms with Crippen LogP contribution in [0.15, 0.2) is 46.1 Å². The number of aryl methyl sites for hydroxylation is 1. The molecule has 0 amide bonds. The maximum absolute atomic E-state index is 13.2. The first kappa shape index (κ1) is 18.5. The van der Waals surface area contributed by atoms with Gasteiger partial charge in [0.2, 0.25) is 0 Å². The number of hydrogen-bond donors (Lipinski definition) is 3. The van der Waals surface area contributed by atoms with Crippen molar-refractivity contribution in [2.75, 3.05) is 6.61 Å². The lowest BCUT2D eigenvalue weighted by Gasteiger charge is -2.18. The molecule has 0 bridgehead atoms. The molecule has 8 nitrogen and oxygen atoms in total. The smallest absolute Gasteiger partial charge is 0.333 e. The second kappa shape index (κ2) is 7.50. The van der Waals surface area contributed by atoms with Gasteiger partial charge in [0, 0.05) is 18.8 Å². The second-order valence-corrected chi connectivity index (χ2v) is 6.10. The first-order chi connectivity index (χ1) is 12.4. The molecule has 1 unspecified atom stereocenters. The maximum Gasteiger partial charge on any atom is 0.333 e. The molecule has 0 spiro atoms. The molecule has 2 aromatic rings. The molecular weight excluding hydrogens is 347 g/mol. The number of rotatable bonds is 5. The predicted molar refractivity (Wildman–Crippen MR) is 88.1 cm³/mol. The van der Waals surface area contributed by atoms with Crippen molar-refractivity contribution in [1.82, 2.24) is 9.13 Å². The first-order valence-corrected chi connectivity index (χ1v) is 8.11. The molecule has 1 saturated heterocycles. The Kier molecular flexibility index (Phi) is 5.33. The van der Waals surface area contributed by atoms with Gasteiger partial charge in [-0.25, -0.2) is 9.18 Å². The van der Waals surface area contributed by atoms with E-state index in [4.69, 9.17) is 9.84 Å². The number of aromatic nitrogens is 2. The second-order valence-electron chi connectivity index (χ2n) is 6.10. The quantitative estimate of drug-likeness (QED) is 0.626. The Morgan fingerprint density at radius 1 is 1.15 bits per heavy atom. The van der Waals surface area contributed by atoms with Crippen LogP contribution in [-0.4, -0.2) is 49.4 Å². The molecule has 1 aliphatic heterocycles. The van der Waals surface area contributed by atoms with Gasteiger partial charge >= 0.3 is 5.69 Å². The van der Waals surface area contributed by atoms with Gasteiger partial charge < -0.3 is 20.1 Å². The Labute approximate surface area is 147 Å². The number of hydrogen-bond acceptors (Lipinski definition) is 6. The number of benzene rings is 1. The van der Waals surface area contributed by atoms with Crippen LogP contribution < -0.4 is 11.2 Å². The third kappa shape index (κ3) is 3.47. The summed E-state index contributed by atoms with van der Waals surface area (Å²) in [5.74, 6) is -0.410. The molecule has 26 heavy (non-hydrogen) atoms.